The summed E-state index contributed by atoms with van der Waals surface area (Å²) in [5, 5.41) is 3.18. The zero-order valence-electron chi connectivity index (χ0n) is 15.8. The van der Waals surface area contributed by atoms with Crippen LogP contribution in [0.4, 0.5) is 5.82 Å². The van der Waals surface area contributed by atoms with Crippen LogP contribution in [0.2, 0.25) is 0 Å². The van der Waals surface area contributed by atoms with Crippen molar-refractivity contribution in [2.24, 2.45) is 7.05 Å². The molecule has 0 unspecified atom stereocenters. The van der Waals surface area contributed by atoms with Crippen molar-refractivity contribution in [2.75, 3.05) is 11.9 Å². The number of amides is 1. The lowest BCUT2D eigenvalue weighted by Crippen LogP contribution is -2.31. The molecule has 0 fully saturated rings. The molecule has 1 amide bonds. The first-order chi connectivity index (χ1) is 13.1. The van der Waals surface area contributed by atoms with Crippen molar-refractivity contribution >= 4 is 11.7 Å². The maximum Gasteiger partial charge on any atom is 0.255 e. The number of carbonyl (C=O) groups excluding carboxylic acids is 1. The SMILES string of the molecule is CCN(Cc1nccn1C)C(=O)c1ccc(NCc2cnc(C)cn2)nc1. The first-order valence-electron chi connectivity index (χ1n) is 8.79. The Labute approximate surface area is 158 Å². The zero-order valence-corrected chi connectivity index (χ0v) is 15.8. The van der Waals surface area contributed by atoms with Gasteiger partial charge >= 0.3 is 0 Å². The number of imidazole rings is 1. The summed E-state index contributed by atoms with van der Waals surface area (Å²) in [6.07, 6.45) is 8.65. The molecular weight excluding hydrogens is 342 g/mol. The maximum absolute atomic E-state index is 12.7. The molecule has 8 nitrogen and oxygen atoms in total. The van der Waals surface area contributed by atoms with E-state index >= 15 is 0 Å². The molecule has 3 aromatic rings. The zero-order chi connectivity index (χ0) is 19.2. The largest absolute Gasteiger partial charge is 0.364 e. The van der Waals surface area contributed by atoms with Gasteiger partial charge in [0, 0.05) is 38.4 Å². The second-order valence-corrected chi connectivity index (χ2v) is 6.21. The fourth-order valence-corrected chi connectivity index (χ4v) is 2.55. The van der Waals surface area contributed by atoms with E-state index in [1.54, 1.807) is 41.8 Å². The molecule has 140 valence electrons. The number of hydrogen-bond acceptors (Lipinski definition) is 6. The second kappa shape index (κ2) is 8.39. The van der Waals surface area contributed by atoms with Crippen molar-refractivity contribution < 1.29 is 4.79 Å². The Hall–Kier alpha value is -3.29. The molecule has 0 bridgehead atoms. The smallest absolute Gasteiger partial charge is 0.255 e. The van der Waals surface area contributed by atoms with Crippen molar-refractivity contribution in [1.82, 2.24) is 29.4 Å². The summed E-state index contributed by atoms with van der Waals surface area (Å²) in [5.41, 5.74) is 2.26. The van der Waals surface area contributed by atoms with Gasteiger partial charge in [-0.25, -0.2) is 9.97 Å². The average Bonchev–Trinajstić information content (AvgIpc) is 3.10. The van der Waals surface area contributed by atoms with Crippen molar-refractivity contribution in [3.63, 3.8) is 0 Å². The molecule has 0 aliphatic carbocycles. The van der Waals surface area contributed by atoms with E-state index < -0.39 is 0 Å². The van der Waals surface area contributed by atoms with Gasteiger partial charge in [-0.15, -0.1) is 0 Å². The minimum atomic E-state index is -0.0658. The number of pyridine rings is 1. The Kier molecular flexibility index (Phi) is 5.75. The standard InChI is InChI=1S/C19H23N7O/c1-4-26(13-18-20-7-8-25(18)3)19(27)15-5-6-17(23-10-15)24-12-16-11-21-14(2)9-22-16/h5-11H,4,12-13H2,1-3H3,(H,23,24). The van der Waals surface area contributed by atoms with Gasteiger partial charge in [-0.2, -0.15) is 0 Å². The van der Waals surface area contributed by atoms with E-state index in [9.17, 15) is 4.79 Å². The normalized spacial score (nSPS) is 10.6. The number of aryl methyl sites for hydroxylation is 2. The molecule has 0 saturated heterocycles. The van der Waals surface area contributed by atoms with Crippen LogP contribution in [0.3, 0.4) is 0 Å². The van der Waals surface area contributed by atoms with Gasteiger partial charge < -0.3 is 14.8 Å². The molecule has 0 aromatic carbocycles. The van der Waals surface area contributed by atoms with E-state index in [1.807, 2.05) is 31.7 Å². The second-order valence-electron chi connectivity index (χ2n) is 6.21. The highest BCUT2D eigenvalue weighted by Crippen LogP contribution is 2.11. The molecule has 0 atom stereocenters. The summed E-state index contributed by atoms with van der Waals surface area (Å²) in [5.74, 6) is 1.46. The molecule has 8 heteroatoms. The average molecular weight is 365 g/mol. The number of rotatable bonds is 7. The minimum absolute atomic E-state index is 0.0658. The monoisotopic (exact) mass is 365 g/mol. The third kappa shape index (κ3) is 4.66. The van der Waals surface area contributed by atoms with Gasteiger partial charge in [-0.3, -0.25) is 14.8 Å². The maximum atomic E-state index is 12.7. The van der Waals surface area contributed by atoms with E-state index in [1.165, 1.54) is 0 Å². The van der Waals surface area contributed by atoms with Gasteiger partial charge in [0.1, 0.15) is 11.6 Å². The highest BCUT2D eigenvalue weighted by molar-refractivity contribution is 5.94. The van der Waals surface area contributed by atoms with Gasteiger partial charge in [-0.1, -0.05) is 0 Å². The van der Waals surface area contributed by atoms with Crippen molar-refractivity contribution in [3.8, 4) is 0 Å². The third-order valence-corrected chi connectivity index (χ3v) is 4.22. The molecule has 3 aromatic heterocycles. The summed E-state index contributed by atoms with van der Waals surface area (Å²) < 4.78 is 1.91. The van der Waals surface area contributed by atoms with Crippen LogP contribution in [0.15, 0.2) is 43.1 Å². The molecule has 0 saturated carbocycles. The van der Waals surface area contributed by atoms with Crippen LogP contribution < -0.4 is 5.32 Å². The number of carbonyl (C=O) groups is 1. The lowest BCUT2D eigenvalue weighted by molar-refractivity contribution is 0.0747. The van der Waals surface area contributed by atoms with Gasteiger partial charge in [0.15, 0.2) is 0 Å². The summed E-state index contributed by atoms with van der Waals surface area (Å²) in [7, 11) is 1.92. The molecule has 0 aliphatic heterocycles. The van der Waals surface area contributed by atoms with Crippen molar-refractivity contribution in [3.05, 3.63) is 65.9 Å². The summed E-state index contributed by atoms with van der Waals surface area (Å²) >= 11 is 0. The molecular formula is C19H23N7O. The predicted molar refractivity (Wildman–Crippen MR) is 102 cm³/mol. The Bertz CT molecular complexity index is 887. The molecule has 1 N–H and O–H groups in total. The Morgan fingerprint density at radius 3 is 2.59 bits per heavy atom. The van der Waals surface area contributed by atoms with Crippen LogP contribution in [0.5, 0.6) is 0 Å². The third-order valence-electron chi connectivity index (χ3n) is 4.22. The van der Waals surface area contributed by atoms with E-state index in [4.69, 9.17) is 0 Å². The predicted octanol–water partition coefficient (Wildman–Crippen LogP) is 2.19. The van der Waals surface area contributed by atoms with Crippen molar-refractivity contribution in [2.45, 2.75) is 26.9 Å². The van der Waals surface area contributed by atoms with Gasteiger partial charge in [0.05, 0.1) is 36.2 Å². The molecule has 0 aliphatic rings. The quantitative estimate of drug-likeness (QED) is 0.690. The van der Waals surface area contributed by atoms with Gasteiger partial charge in [-0.05, 0) is 26.0 Å². The fourth-order valence-electron chi connectivity index (χ4n) is 2.55. The van der Waals surface area contributed by atoms with E-state index in [-0.39, 0.29) is 5.91 Å². The Morgan fingerprint density at radius 2 is 2.00 bits per heavy atom. The summed E-state index contributed by atoms with van der Waals surface area (Å²) in [4.78, 5) is 31.6. The summed E-state index contributed by atoms with van der Waals surface area (Å²) in [6.45, 7) is 5.43. The lowest BCUT2D eigenvalue weighted by Gasteiger charge is -2.20. The van der Waals surface area contributed by atoms with Crippen LogP contribution in [0.25, 0.3) is 0 Å². The molecule has 3 rings (SSSR count). The van der Waals surface area contributed by atoms with E-state index in [0.29, 0.717) is 31.0 Å². The highest BCUT2D eigenvalue weighted by atomic mass is 16.2. The first-order valence-corrected chi connectivity index (χ1v) is 8.79. The molecule has 0 spiro atoms. The Morgan fingerprint density at radius 1 is 1.15 bits per heavy atom. The number of nitrogens with one attached hydrogen (secondary N) is 1. The topological polar surface area (TPSA) is 88.8 Å². The van der Waals surface area contributed by atoms with Crippen LogP contribution in [-0.4, -0.2) is 41.9 Å². The van der Waals surface area contributed by atoms with Crippen LogP contribution in [0, 0.1) is 6.92 Å². The number of nitrogens with zero attached hydrogens (tertiary/aromatic N) is 6. The highest BCUT2D eigenvalue weighted by Gasteiger charge is 2.16. The number of anilines is 1. The first kappa shape index (κ1) is 18.5. The minimum Gasteiger partial charge on any atom is -0.364 e. The summed E-state index contributed by atoms with van der Waals surface area (Å²) in [6, 6.07) is 3.57. The van der Waals surface area contributed by atoms with Gasteiger partial charge in [0.25, 0.3) is 5.91 Å². The fraction of sp³-hybridized carbons (Fsp3) is 0.316. The Balaban J connectivity index is 1.62. The molecule has 0 radical (unpaired) electrons. The number of aromatic nitrogens is 5. The van der Waals surface area contributed by atoms with Crippen LogP contribution in [-0.2, 0) is 20.1 Å². The molecule has 3 heterocycles. The van der Waals surface area contributed by atoms with E-state index in [0.717, 1.165) is 17.2 Å². The van der Waals surface area contributed by atoms with Crippen molar-refractivity contribution in [1.29, 1.82) is 0 Å². The van der Waals surface area contributed by atoms with Gasteiger partial charge in [0.2, 0.25) is 0 Å². The van der Waals surface area contributed by atoms with E-state index in [2.05, 4.69) is 25.3 Å². The van der Waals surface area contributed by atoms with Crippen LogP contribution in [0.1, 0.15) is 34.5 Å². The number of hydrogen-bond donors (Lipinski definition) is 1. The molecule has 27 heavy (non-hydrogen) atoms. The lowest BCUT2D eigenvalue weighted by atomic mass is 10.2. The van der Waals surface area contributed by atoms with Crippen LogP contribution >= 0.6 is 0 Å².